The number of carbonyl (C=O) groups is 3. The second-order valence-electron chi connectivity index (χ2n) is 29.9. The van der Waals surface area contributed by atoms with E-state index in [0.29, 0.717) is 67.6 Å². The molecule has 8 fully saturated rings. The maximum Gasteiger partial charge on any atom is 0.303 e. The molecule has 85 heavy (non-hydrogen) atoms. The van der Waals surface area contributed by atoms with Crippen LogP contribution in [0.5, 0.6) is 0 Å². The summed E-state index contributed by atoms with van der Waals surface area (Å²) in [5.74, 6) is 0.724. The number of hydrogen-bond acceptors (Lipinski definition) is 11. The first-order chi connectivity index (χ1) is 40.1. The Morgan fingerprint density at radius 1 is 0.553 bits per heavy atom. The zero-order chi connectivity index (χ0) is 61.8. The number of halogens is 2. The first-order valence-electron chi connectivity index (χ1n) is 33.2. The van der Waals surface area contributed by atoms with Crippen LogP contribution in [0.3, 0.4) is 0 Å². The molecule has 8 aliphatic rings. The summed E-state index contributed by atoms with van der Waals surface area (Å²) in [4.78, 5) is 37.4. The maximum absolute atomic E-state index is 16.2. The summed E-state index contributed by atoms with van der Waals surface area (Å²) in [7, 11) is -7.22. The Labute approximate surface area is 508 Å². The molecule has 0 heterocycles. The van der Waals surface area contributed by atoms with E-state index in [9.17, 15) is 46.5 Å². The fourth-order valence-electron chi connectivity index (χ4n) is 21.9. The molecule has 0 saturated heterocycles. The van der Waals surface area contributed by atoms with Crippen LogP contribution >= 0.6 is 0 Å². The molecule has 8 saturated carbocycles. The van der Waals surface area contributed by atoms with Gasteiger partial charge < -0.3 is 20.1 Å². The maximum atomic E-state index is 16.2. The van der Waals surface area contributed by atoms with Gasteiger partial charge in [0, 0.05) is 31.6 Å². The van der Waals surface area contributed by atoms with Crippen LogP contribution in [-0.2, 0) is 38.8 Å². The first kappa shape index (κ1) is 66.3. The Bertz CT molecular complexity index is 2870. The Kier molecular flexibility index (Phi) is 20.3. The van der Waals surface area contributed by atoms with E-state index in [1.165, 1.54) is 31.2 Å². The van der Waals surface area contributed by atoms with Gasteiger partial charge in [-0.3, -0.25) is 14.4 Å². The number of ketones is 2. The minimum absolute atomic E-state index is 0.0772. The number of aliphatic hydroxyl groups is 3. The lowest BCUT2D eigenvalue weighted by molar-refractivity contribution is -0.226. The van der Waals surface area contributed by atoms with Gasteiger partial charge >= 0.3 is 5.97 Å². The van der Waals surface area contributed by atoms with Gasteiger partial charge in [0.15, 0.2) is 19.7 Å². The highest BCUT2D eigenvalue weighted by molar-refractivity contribution is 7.92. The number of fused-ring (bicyclic) bond motifs is 10. The van der Waals surface area contributed by atoms with E-state index in [0.717, 1.165) is 83.5 Å². The van der Waals surface area contributed by atoms with Crippen LogP contribution in [0.1, 0.15) is 191 Å². The molecule has 24 atom stereocenters. The van der Waals surface area contributed by atoms with Crippen molar-refractivity contribution in [1.29, 1.82) is 0 Å². The number of alkyl halides is 2. The van der Waals surface area contributed by atoms with Gasteiger partial charge in [-0.25, -0.2) is 25.6 Å². The summed E-state index contributed by atoms with van der Waals surface area (Å²) in [5.41, 5.74) is -0.235. The third-order valence-corrected chi connectivity index (χ3v) is 29.1. The Morgan fingerprint density at radius 3 is 1.33 bits per heavy atom. The number of hydrogen-bond donors (Lipinski definition) is 3. The molecule has 15 heteroatoms. The molecule has 8 aliphatic carbocycles. The van der Waals surface area contributed by atoms with Gasteiger partial charge in [0.2, 0.25) is 0 Å². The highest BCUT2D eigenvalue weighted by Crippen LogP contribution is 2.72. The molecule has 0 radical (unpaired) electrons. The van der Waals surface area contributed by atoms with E-state index in [1.54, 1.807) is 36.4 Å². The Hall–Kier alpha value is -3.11. The van der Waals surface area contributed by atoms with Crippen LogP contribution in [0.15, 0.2) is 70.5 Å². The van der Waals surface area contributed by atoms with Crippen molar-refractivity contribution in [2.45, 2.75) is 237 Å². The topological polar surface area (TPSA) is 189 Å². The molecule has 0 spiro atoms. The summed E-state index contributed by atoms with van der Waals surface area (Å²) in [6.45, 7) is 19.4. The fourth-order valence-corrected chi connectivity index (χ4v) is 24.5. The number of carbonyl (C=O) groups excluding carboxylic acids is 3. The molecule has 0 amide bonds. The van der Waals surface area contributed by atoms with Crippen molar-refractivity contribution in [2.75, 3.05) is 11.5 Å². The molecular formula is C70H104F2O11S2. The van der Waals surface area contributed by atoms with Crippen molar-refractivity contribution >= 4 is 37.2 Å². The normalized spacial score (nSPS) is 41.9. The molecule has 476 valence electrons. The van der Waals surface area contributed by atoms with E-state index in [4.69, 9.17) is 4.74 Å². The van der Waals surface area contributed by atoms with Gasteiger partial charge in [-0.1, -0.05) is 117 Å². The van der Waals surface area contributed by atoms with Crippen molar-refractivity contribution in [3.05, 3.63) is 60.7 Å². The third kappa shape index (κ3) is 12.5. The number of rotatable bonds is 19. The number of benzene rings is 2. The van der Waals surface area contributed by atoms with Crippen molar-refractivity contribution in [1.82, 2.24) is 0 Å². The highest BCUT2D eigenvalue weighted by atomic mass is 32.2. The Balaban J connectivity index is 0.000000204. The third-order valence-electron chi connectivity index (χ3n) is 25.7. The molecule has 11 nitrogen and oxygen atoms in total. The van der Waals surface area contributed by atoms with E-state index < -0.39 is 73.9 Å². The molecular weight excluding hydrogens is 1120 g/mol. The second-order valence-corrected chi connectivity index (χ2v) is 33.8. The lowest BCUT2D eigenvalue weighted by Crippen LogP contribution is -2.65. The van der Waals surface area contributed by atoms with Crippen LogP contribution < -0.4 is 0 Å². The molecule has 8 unspecified atom stereocenters. The zero-order valence-corrected chi connectivity index (χ0v) is 54.2. The Morgan fingerprint density at radius 2 is 0.929 bits per heavy atom. The van der Waals surface area contributed by atoms with Gasteiger partial charge in [0.25, 0.3) is 0 Å². The predicted molar refractivity (Wildman–Crippen MR) is 327 cm³/mol. The van der Waals surface area contributed by atoms with Crippen LogP contribution in [0, 0.1) is 105 Å². The summed E-state index contributed by atoms with van der Waals surface area (Å²) in [6, 6.07) is 16.4. The van der Waals surface area contributed by atoms with Crippen molar-refractivity contribution in [3.8, 4) is 0 Å². The molecule has 0 aliphatic heterocycles. The quantitative estimate of drug-likeness (QED) is 0.114. The minimum Gasteiger partial charge on any atom is -0.459 e. The van der Waals surface area contributed by atoms with Crippen molar-refractivity contribution in [3.63, 3.8) is 0 Å². The molecule has 10 rings (SSSR count). The molecule has 2 aromatic rings. The highest BCUT2D eigenvalue weighted by Gasteiger charge is 2.69. The number of Topliss-reactive ketones (excluding diaryl/α,β-unsaturated/α-hetero) is 2. The fraction of sp³-hybridized carbons (Fsp3) is 0.786. The summed E-state index contributed by atoms with van der Waals surface area (Å²) < 4.78 is 87.7. The first-order valence-corrected chi connectivity index (χ1v) is 36.5. The zero-order valence-electron chi connectivity index (χ0n) is 52.6. The number of esters is 1. The van der Waals surface area contributed by atoms with Crippen LogP contribution in [0.2, 0.25) is 0 Å². The van der Waals surface area contributed by atoms with E-state index in [2.05, 4.69) is 55.4 Å². The molecule has 0 aromatic heterocycles. The van der Waals surface area contributed by atoms with Gasteiger partial charge in [0.1, 0.15) is 41.5 Å². The van der Waals surface area contributed by atoms with Gasteiger partial charge in [0.05, 0.1) is 28.1 Å². The lowest BCUT2D eigenvalue weighted by atomic mass is 9.41. The van der Waals surface area contributed by atoms with Gasteiger partial charge in [-0.2, -0.15) is 0 Å². The number of sulfone groups is 2. The smallest absolute Gasteiger partial charge is 0.303 e. The van der Waals surface area contributed by atoms with E-state index >= 15 is 8.78 Å². The average molecular weight is 1220 g/mol. The minimum atomic E-state index is -3.62. The van der Waals surface area contributed by atoms with Crippen LogP contribution in [0.25, 0.3) is 0 Å². The van der Waals surface area contributed by atoms with Crippen molar-refractivity contribution < 1.29 is 60.1 Å². The number of aliphatic hydroxyl groups excluding tert-OH is 3. The van der Waals surface area contributed by atoms with Gasteiger partial charge in [-0.15, -0.1) is 0 Å². The van der Waals surface area contributed by atoms with Crippen molar-refractivity contribution in [2.24, 2.45) is 105 Å². The van der Waals surface area contributed by atoms with E-state index in [-0.39, 0.29) is 103 Å². The molecule has 3 N–H and O–H groups in total. The van der Waals surface area contributed by atoms with Crippen LogP contribution in [-0.4, -0.2) is 98.0 Å². The SMILES string of the molecule is CC[C@@H]1[C@@H]2[C@@H](F)[C@H](O)CC[C@]2(C)C2CC[C@@]3(C)C(CCC3[C@H](C)CCCC(=O)CS(=O)(=O)c3ccccc3)C2[C@@H]1O.CC[C@@H]1[C@@H]2[C@@H](F)[C@H](OC(C)=O)CC[C@]2(C)C2CC[C@@]3(C)C(CCC3[C@H](C)CCCC(=O)CS(=O)(=O)c3ccccc3)C2[C@@H]1O. The van der Waals surface area contributed by atoms with Crippen LogP contribution in [0.4, 0.5) is 8.78 Å². The summed E-state index contributed by atoms with van der Waals surface area (Å²) in [5, 5.41) is 34.3. The monoisotopic (exact) mass is 1220 g/mol. The standard InChI is InChI=1S/C36H53FO6S.C34H51FO5S/c1-6-26-32-33(37)30(43-23(3)38)18-20-36(32,5)29-17-19-35(4)27(15-16-28(35)31(29)34(26)40)22(2)11-10-12-24(39)21-44(41,42)25-13-8-7-9-14-25;1-5-24-30-31(35)28(37)17-19-34(30,4)27-16-18-33(3)25(14-15-26(33)29(27)32(24)38)21(2)10-9-11-22(36)20-41(39,40)23-12-7-6-8-13-23/h7-9,13-14,22,26-34,40H,6,10-12,15-21H2,1-5H3;6-8,12-13,21,24-32,37-38H,5,9-11,14-20H2,1-4H3/t22-,26-,27?,28?,29?,30-,31?,32-,33+,34-,35-,36-;21-,24-,25?,26?,27?,28-,29?,30-,31+,32-,33-,34-/m11/s1. The second kappa shape index (κ2) is 26.0. The van der Waals surface area contributed by atoms with Gasteiger partial charge in [-0.05, 0) is 207 Å². The molecule has 0 bridgehead atoms. The largest absolute Gasteiger partial charge is 0.459 e. The predicted octanol–water partition coefficient (Wildman–Crippen LogP) is 13.4. The number of ether oxygens (including phenoxy) is 1. The lowest BCUT2D eigenvalue weighted by Gasteiger charge is -2.65. The average Bonchev–Trinajstić information content (AvgIpc) is 1.86. The molecule has 2 aromatic carbocycles. The summed E-state index contributed by atoms with van der Waals surface area (Å²) in [6.07, 6.45) is 11.0. The summed E-state index contributed by atoms with van der Waals surface area (Å²) >= 11 is 0. The van der Waals surface area contributed by atoms with E-state index in [1.807, 2.05) is 0 Å².